The van der Waals surface area contributed by atoms with Gasteiger partial charge in [0.2, 0.25) is 11.6 Å². The average Bonchev–Trinajstić information content (AvgIpc) is 3.43. The number of furan rings is 1. The Hall–Kier alpha value is -5.52. The van der Waals surface area contributed by atoms with E-state index in [9.17, 15) is 19.7 Å². The van der Waals surface area contributed by atoms with Gasteiger partial charge in [-0.05, 0) is 54.6 Å². The van der Waals surface area contributed by atoms with Gasteiger partial charge >= 0.3 is 5.69 Å². The molecule has 0 radical (unpaired) electrons. The third kappa shape index (κ3) is 5.87. The molecular weight excluding hydrogens is 609 g/mol. The SMILES string of the molecule is O=C(COc1c(Cl)cc(C=Nn2c(-c3cc4cc(Cl)ccc4o3)nc3ccccc3c2=O)cc1[N+](=O)[O-])Nc1ccccc1. The number of carbonyl (C=O) groups excluding carboxylic acids is 1. The first kappa shape index (κ1) is 28.6. The number of hydrogen-bond acceptors (Lipinski definition) is 8. The largest absolute Gasteiger partial charge is 0.476 e. The first-order valence-corrected chi connectivity index (χ1v) is 13.7. The fourth-order valence-electron chi connectivity index (χ4n) is 4.45. The number of halogens is 2. The Morgan fingerprint density at radius 1 is 1.05 bits per heavy atom. The summed E-state index contributed by atoms with van der Waals surface area (Å²) < 4.78 is 12.4. The average molecular weight is 628 g/mol. The van der Waals surface area contributed by atoms with Gasteiger partial charge in [0.15, 0.2) is 12.4 Å². The lowest BCUT2D eigenvalue weighted by atomic mass is 10.2. The Bertz CT molecular complexity index is 2160. The Labute approximate surface area is 258 Å². The second-order valence-corrected chi connectivity index (χ2v) is 10.3. The maximum Gasteiger partial charge on any atom is 0.313 e. The summed E-state index contributed by atoms with van der Waals surface area (Å²) in [6, 6.07) is 24.7. The van der Waals surface area contributed by atoms with E-state index in [0.717, 1.165) is 4.68 Å². The van der Waals surface area contributed by atoms with Gasteiger partial charge in [0.25, 0.3) is 11.5 Å². The van der Waals surface area contributed by atoms with Crippen LogP contribution in [-0.2, 0) is 4.79 Å². The molecule has 13 heteroatoms. The van der Waals surface area contributed by atoms with Crippen LogP contribution in [0.15, 0.2) is 105 Å². The molecule has 218 valence electrons. The number of nitrogens with zero attached hydrogens (tertiary/aromatic N) is 4. The number of anilines is 1. The van der Waals surface area contributed by atoms with Gasteiger partial charge < -0.3 is 14.5 Å². The van der Waals surface area contributed by atoms with Gasteiger partial charge in [-0.3, -0.25) is 19.7 Å². The summed E-state index contributed by atoms with van der Waals surface area (Å²) in [4.78, 5) is 41.7. The molecule has 0 aliphatic rings. The maximum absolute atomic E-state index is 13.5. The number of amides is 1. The van der Waals surface area contributed by atoms with Gasteiger partial charge in [0, 0.05) is 27.7 Å². The molecule has 0 saturated heterocycles. The maximum atomic E-state index is 13.5. The molecule has 4 aromatic carbocycles. The molecule has 44 heavy (non-hydrogen) atoms. The van der Waals surface area contributed by atoms with Crippen molar-refractivity contribution in [2.75, 3.05) is 11.9 Å². The molecule has 0 spiro atoms. The number of nitro groups is 1. The highest BCUT2D eigenvalue weighted by Gasteiger charge is 2.22. The van der Waals surface area contributed by atoms with Crippen LogP contribution in [0.1, 0.15) is 5.56 Å². The van der Waals surface area contributed by atoms with E-state index in [4.69, 9.17) is 32.4 Å². The minimum atomic E-state index is -0.692. The van der Waals surface area contributed by atoms with Crippen molar-refractivity contribution in [3.8, 4) is 17.3 Å². The van der Waals surface area contributed by atoms with Crippen LogP contribution in [0.3, 0.4) is 0 Å². The number of fused-ring (bicyclic) bond motifs is 2. The molecular formula is C31H19Cl2N5O6. The lowest BCUT2D eigenvalue weighted by Gasteiger charge is -2.10. The summed E-state index contributed by atoms with van der Waals surface area (Å²) in [5, 5.41) is 20.2. The number of nitro benzene ring substituents is 1. The number of hydrogen-bond donors (Lipinski definition) is 1. The monoisotopic (exact) mass is 627 g/mol. The number of benzene rings is 4. The minimum Gasteiger partial charge on any atom is -0.476 e. The van der Waals surface area contributed by atoms with Crippen LogP contribution in [0.2, 0.25) is 10.0 Å². The van der Waals surface area contributed by atoms with E-state index in [1.54, 1.807) is 78.9 Å². The molecule has 0 atom stereocenters. The molecule has 11 nitrogen and oxygen atoms in total. The molecule has 2 aromatic heterocycles. The van der Waals surface area contributed by atoms with E-state index in [-0.39, 0.29) is 27.9 Å². The predicted octanol–water partition coefficient (Wildman–Crippen LogP) is 6.92. The Morgan fingerprint density at radius 3 is 2.61 bits per heavy atom. The van der Waals surface area contributed by atoms with E-state index in [0.29, 0.717) is 32.6 Å². The van der Waals surface area contributed by atoms with Crippen molar-refractivity contribution in [3.63, 3.8) is 0 Å². The summed E-state index contributed by atoms with van der Waals surface area (Å²) >= 11 is 12.5. The number of aromatic nitrogens is 2. The topological polar surface area (TPSA) is 142 Å². The van der Waals surface area contributed by atoms with Crippen molar-refractivity contribution < 1.29 is 18.9 Å². The van der Waals surface area contributed by atoms with E-state index < -0.39 is 28.7 Å². The zero-order valence-corrected chi connectivity index (χ0v) is 24.0. The van der Waals surface area contributed by atoms with E-state index in [2.05, 4.69) is 15.4 Å². The first-order chi connectivity index (χ1) is 21.3. The molecule has 0 aliphatic carbocycles. The third-order valence-corrected chi connectivity index (χ3v) is 6.94. The van der Waals surface area contributed by atoms with Crippen molar-refractivity contribution in [1.29, 1.82) is 0 Å². The lowest BCUT2D eigenvalue weighted by Crippen LogP contribution is -2.20. The van der Waals surface area contributed by atoms with Crippen molar-refractivity contribution >= 4 is 68.6 Å². The zero-order chi connectivity index (χ0) is 30.8. The second-order valence-electron chi connectivity index (χ2n) is 9.42. The van der Waals surface area contributed by atoms with Gasteiger partial charge in [-0.2, -0.15) is 9.78 Å². The first-order valence-electron chi connectivity index (χ1n) is 13.0. The Balaban J connectivity index is 1.35. The number of carbonyl (C=O) groups is 1. The van der Waals surface area contributed by atoms with Crippen LogP contribution < -0.4 is 15.6 Å². The summed E-state index contributed by atoms with van der Waals surface area (Å²) in [5.74, 6) is -0.468. The van der Waals surface area contributed by atoms with Gasteiger partial charge in [-0.1, -0.05) is 53.5 Å². The molecule has 0 fully saturated rings. The zero-order valence-electron chi connectivity index (χ0n) is 22.4. The smallest absolute Gasteiger partial charge is 0.313 e. The van der Waals surface area contributed by atoms with Crippen LogP contribution in [0.25, 0.3) is 33.5 Å². The lowest BCUT2D eigenvalue weighted by molar-refractivity contribution is -0.385. The van der Waals surface area contributed by atoms with Crippen LogP contribution >= 0.6 is 23.2 Å². The normalized spacial score (nSPS) is 11.3. The minimum absolute atomic E-state index is 0.0993. The molecule has 1 amide bonds. The summed E-state index contributed by atoms with van der Waals surface area (Å²) in [6.07, 6.45) is 1.23. The standard InChI is InChI=1S/C31H19Cl2N5O6/c32-20-10-11-26-19(14-20)15-27(44-26)30-36-24-9-5-4-8-22(24)31(40)37(30)34-16-18-12-23(33)29(25(13-18)38(41)42)43-17-28(39)35-21-6-2-1-3-7-21/h1-16H,17H2,(H,35,39). The number of rotatable bonds is 8. The fourth-order valence-corrected chi connectivity index (χ4v) is 4.91. The molecule has 0 bridgehead atoms. The van der Waals surface area contributed by atoms with E-state index >= 15 is 0 Å². The van der Waals surface area contributed by atoms with Crippen LogP contribution in [0.4, 0.5) is 11.4 Å². The third-order valence-electron chi connectivity index (χ3n) is 6.42. The van der Waals surface area contributed by atoms with Gasteiger partial charge in [-0.15, -0.1) is 0 Å². The van der Waals surface area contributed by atoms with Gasteiger partial charge in [-0.25, -0.2) is 4.98 Å². The molecule has 0 saturated carbocycles. The van der Waals surface area contributed by atoms with Gasteiger partial charge in [0.1, 0.15) is 5.58 Å². The van der Waals surface area contributed by atoms with Crippen molar-refractivity contribution in [1.82, 2.24) is 9.66 Å². The molecule has 0 aliphatic heterocycles. The van der Waals surface area contributed by atoms with Crippen molar-refractivity contribution in [2.24, 2.45) is 5.10 Å². The number of para-hydroxylation sites is 2. The highest BCUT2D eigenvalue weighted by atomic mass is 35.5. The molecule has 6 aromatic rings. The Morgan fingerprint density at radius 2 is 1.82 bits per heavy atom. The molecule has 2 heterocycles. The summed E-state index contributed by atoms with van der Waals surface area (Å²) in [5.41, 5.74) is 0.685. The van der Waals surface area contributed by atoms with Crippen molar-refractivity contribution in [2.45, 2.75) is 0 Å². The highest BCUT2D eigenvalue weighted by molar-refractivity contribution is 6.32. The molecule has 0 unspecified atom stereocenters. The fraction of sp³-hybridized carbons (Fsp3) is 0.0323. The summed E-state index contributed by atoms with van der Waals surface area (Å²) in [6.45, 7) is -0.521. The van der Waals surface area contributed by atoms with Crippen LogP contribution in [-0.4, -0.2) is 33.3 Å². The quantitative estimate of drug-likeness (QED) is 0.110. The number of ether oxygens (including phenoxy) is 1. The summed E-state index contributed by atoms with van der Waals surface area (Å²) in [7, 11) is 0. The number of nitrogens with one attached hydrogen (secondary N) is 1. The predicted molar refractivity (Wildman–Crippen MR) is 168 cm³/mol. The molecule has 1 N–H and O–H groups in total. The Kier molecular flexibility index (Phi) is 7.80. The van der Waals surface area contributed by atoms with Gasteiger partial charge in [0.05, 0.1) is 27.1 Å². The van der Waals surface area contributed by atoms with E-state index in [1.807, 2.05) is 0 Å². The van der Waals surface area contributed by atoms with Crippen LogP contribution in [0, 0.1) is 10.1 Å². The van der Waals surface area contributed by atoms with Crippen LogP contribution in [0.5, 0.6) is 5.75 Å². The van der Waals surface area contributed by atoms with E-state index in [1.165, 1.54) is 18.3 Å². The second kappa shape index (κ2) is 12.0. The highest BCUT2D eigenvalue weighted by Crippen LogP contribution is 2.36. The van der Waals surface area contributed by atoms with Crippen molar-refractivity contribution in [3.05, 3.63) is 127 Å². The molecule has 6 rings (SSSR count).